The molecule has 1 fully saturated rings. The Hall–Kier alpha value is -1.36. The van der Waals surface area contributed by atoms with E-state index < -0.39 is 36.8 Å². The number of carboxylic acid groups (broad SMARTS) is 1. The van der Waals surface area contributed by atoms with E-state index in [1.165, 1.54) is 0 Å². The van der Waals surface area contributed by atoms with Crippen LogP contribution in [0.25, 0.3) is 0 Å². The first-order valence-electron chi connectivity index (χ1n) is 4.26. The second-order valence-corrected chi connectivity index (χ2v) is 3.21. The van der Waals surface area contributed by atoms with Gasteiger partial charge in [0.05, 0.1) is 0 Å². The van der Waals surface area contributed by atoms with Gasteiger partial charge in [-0.2, -0.15) is 17.6 Å². The second-order valence-electron chi connectivity index (χ2n) is 3.21. The molecule has 2 unspecified atom stereocenters. The molecule has 22 heavy (non-hydrogen) atoms. The molecule has 16 heteroatoms. The molecule has 7 nitrogen and oxygen atoms in total. The van der Waals surface area contributed by atoms with E-state index >= 15 is 0 Å². The number of aliphatic carboxylic acids is 1. The first-order valence-corrected chi connectivity index (χ1v) is 4.26. The van der Waals surface area contributed by atoms with Gasteiger partial charge in [-0.25, -0.2) is 23.7 Å². The van der Waals surface area contributed by atoms with Crippen molar-refractivity contribution < 1.29 is 68.4 Å². The van der Waals surface area contributed by atoms with Crippen LogP contribution in [0, 0.1) is 0 Å². The smallest absolute Gasteiger partial charge is 0.475 e. The molecule has 4 N–H and O–H groups in total. The Morgan fingerprint density at radius 3 is 1.59 bits per heavy atom. The lowest BCUT2D eigenvalue weighted by Crippen LogP contribution is -2.55. The maximum absolute atomic E-state index is 13.5. The van der Waals surface area contributed by atoms with Gasteiger partial charge in [0.15, 0.2) is 0 Å². The van der Waals surface area contributed by atoms with Crippen molar-refractivity contribution in [2.24, 2.45) is 0 Å². The summed E-state index contributed by atoms with van der Waals surface area (Å²) < 4.78 is 122. The Bertz CT molecular complexity index is 443. The van der Waals surface area contributed by atoms with Crippen LogP contribution < -0.4 is 6.15 Å². The Balaban J connectivity index is 0.00000441. The molecule has 0 amide bonds. The van der Waals surface area contributed by atoms with E-state index in [1.807, 2.05) is 0 Å². The molecule has 0 spiro atoms. The SMILES string of the molecule is N.O=C(O)C(F)(F)OC1(F)OC(F)(F)OC1(F)OC(F)(F)F. The third-order valence-corrected chi connectivity index (χ3v) is 1.61. The van der Waals surface area contributed by atoms with Crippen LogP contribution in [0.1, 0.15) is 0 Å². The lowest BCUT2D eigenvalue weighted by molar-refractivity contribution is -0.527. The fraction of sp³-hybridized carbons (Fsp3) is 0.833. The Labute approximate surface area is 113 Å². The lowest BCUT2D eigenvalue weighted by Gasteiger charge is -2.29. The molecule has 0 radical (unpaired) electrons. The highest BCUT2D eigenvalue weighted by Crippen LogP contribution is 2.53. The van der Waals surface area contributed by atoms with Crippen LogP contribution >= 0.6 is 0 Å². The Kier molecular flexibility index (Phi) is 5.04. The van der Waals surface area contributed by atoms with Gasteiger partial charge < -0.3 is 11.3 Å². The minimum absolute atomic E-state index is 0. The number of hydrogen-bond donors (Lipinski definition) is 2. The van der Waals surface area contributed by atoms with E-state index in [4.69, 9.17) is 5.11 Å². The summed E-state index contributed by atoms with van der Waals surface area (Å²) in [5, 5.41) is 7.84. The molecule has 132 valence electrons. The largest absolute Gasteiger partial charge is 0.527 e. The predicted octanol–water partition coefficient (Wildman–Crippen LogP) is 2.22. The highest BCUT2D eigenvalue weighted by molar-refractivity contribution is 5.73. The highest BCUT2D eigenvalue weighted by Gasteiger charge is 2.80. The number of halogens is 9. The third kappa shape index (κ3) is 4.09. The monoisotopic (exact) mass is 357 g/mol. The lowest BCUT2D eigenvalue weighted by atomic mass is 10.5. The van der Waals surface area contributed by atoms with Crippen molar-refractivity contribution in [3.8, 4) is 0 Å². The number of hydrogen-bond acceptors (Lipinski definition) is 6. The normalized spacial score (nSPS) is 31.7. The summed E-state index contributed by atoms with van der Waals surface area (Å²) in [6, 6.07) is -11.5. The molecular weight excluding hydrogens is 353 g/mol. The average Bonchev–Trinajstić information content (AvgIpc) is 2.25. The zero-order chi connectivity index (χ0) is 16.9. The average molecular weight is 357 g/mol. The summed E-state index contributed by atoms with van der Waals surface area (Å²) in [5.41, 5.74) is 0. The molecule has 1 aliphatic rings. The standard InChI is InChI=1S/C6HF9O6.H3N/c7-2(8,1(16)17)18-3(9)4(10,19-5(11,12)13)21-6(14,15)20-3;/h(H,16,17);1H3. The van der Waals surface area contributed by atoms with Gasteiger partial charge in [0, 0.05) is 0 Å². The van der Waals surface area contributed by atoms with Crippen LogP contribution in [-0.4, -0.2) is 41.9 Å². The fourth-order valence-corrected chi connectivity index (χ4v) is 0.969. The zero-order valence-electron chi connectivity index (χ0n) is 9.60. The Morgan fingerprint density at radius 1 is 0.909 bits per heavy atom. The van der Waals surface area contributed by atoms with Crippen LogP contribution in [0.5, 0.6) is 0 Å². The predicted molar refractivity (Wildman–Crippen MR) is 40.6 cm³/mol. The van der Waals surface area contributed by atoms with Gasteiger partial charge in [-0.05, 0) is 0 Å². The molecule has 0 aromatic carbocycles. The molecule has 1 saturated heterocycles. The van der Waals surface area contributed by atoms with Crippen LogP contribution in [0.15, 0.2) is 0 Å². The van der Waals surface area contributed by atoms with Crippen molar-refractivity contribution in [2.45, 2.75) is 30.8 Å². The van der Waals surface area contributed by atoms with Gasteiger partial charge in [-0.15, -0.1) is 22.0 Å². The molecule has 1 rings (SSSR count). The van der Waals surface area contributed by atoms with Crippen molar-refractivity contribution in [1.29, 1.82) is 0 Å². The first kappa shape index (κ1) is 20.6. The van der Waals surface area contributed by atoms with Crippen LogP contribution in [-0.2, 0) is 23.7 Å². The minimum atomic E-state index is -6.21. The quantitative estimate of drug-likeness (QED) is 0.743. The molecule has 0 aromatic rings. The summed E-state index contributed by atoms with van der Waals surface area (Å²) in [5.74, 6) is -3.35. The van der Waals surface area contributed by atoms with E-state index in [0.717, 1.165) is 0 Å². The Morgan fingerprint density at radius 2 is 1.27 bits per heavy atom. The maximum Gasteiger partial charge on any atom is 0.527 e. The van der Waals surface area contributed by atoms with E-state index in [0.29, 0.717) is 0 Å². The number of rotatable bonds is 4. The van der Waals surface area contributed by atoms with Crippen molar-refractivity contribution in [3.05, 3.63) is 0 Å². The summed E-state index contributed by atoms with van der Waals surface area (Å²) in [6.07, 6.45) is -17.5. The fourth-order valence-electron chi connectivity index (χ4n) is 0.969. The molecule has 0 aromatic heterocycles. The second kappa shape index (κ2) is 5.37. The van der Waals surface area contributed by atoms with Gasteiger partial charge in [-0.3, -0.25) is 0 Å². The molecule has 2 atom stereocenters. The van der Waals surface area contributed by atoms with Gasteiger partial charge in [0.1, 0.15) is 0 Å². The van der Waals surface area contributed by atoms with Crippen molar-refractivity contribution >= 4 is 5.97 Å². The van der Waals surface area contributed by atoms with E-state index in [9.17, 15) is 44.3 Å². The first-order chi connectivity index (χ1) is 9.02. The molecular formula is C6H4F9NO6. The van der Waals surface area contributed by atoms with Crippen molar-refractivity contribution in [2.75, 3.05) is 0 Å². The topological polar surface area (TPSA) is 109 Å². The summed E-state index contributed by atoms with van der Waals surface area (Å²) in [6.45, 7) is 0. The molecule has 0 saturated carbocycles. The van der Waals surface area contributed by atoms with Crippen molar-refractivity contribution in [1.82, 2.24) is 6.15 Å². The number of carboxylic acids is 1. The van der Waals surface area contributed by atoms with Crippen LogP contribution in [0.2, 0.25) is 0 Å². The highest BCUT2D eigenvalue weighted by atomic mass is 19.4. The number of carbonyl (C=O) groups is 1. The van der Waals surface area contributed by atoms with E-state index in [-0.39, 0.29) is 6.15 Å². The summed E-state index contributed by atoms with van der Waals surface area (Å²) >= 11 is 0. The minimum Gasteiger partial charge on any atom is -0.475 e. The molecule has 1 aliphatic heterocycles. The zero-order valence-corrected chi connectivity index (χ0v) is 9.60. The van der Waals surface area contributed by atoms with E-state index in [1.54, 1.807) is 0 Å². The van der Waals surface area contributed by atoms with Gasteiger partial charge in [-0.1, -0.05) is 0 Å². The van der Waals surface area contributed by atoms with Crippen LogP contribution in [0.3, 0.4) is 0 Å². The number of alkyl halides is 9. The summed E-state index contributed by atoms with van der Waals surface area (Å²) in [7, 11) is 0. The van der Waals surface area contributed by atoms with Crippen LogP contribution in [0.4, 0.5) is 39.5 Å². The van der Waals surface area contributed by atoms with Gasteiger partial charge in [0.25, 0.3) is 0 Å². The van der Waals surface area contributed by atoms with Gasteiger partial charge in [0.2, 0.25) is 0 Å². The third-order valence-electron chi connectivity index (χ3n) is 1.61. The van der Waals surface area contributed by atoms with Crippen molar-refractivity contribution in [3.63, 3.8) is 0 Å². The molecule has 0 aliphatic carbocycles. The summed E-state index contributed by atoms with van der Waals surface area (Å²) in [4.78, 5) is 9.90. The molecule has 1 heterocycles. The number of ether oxygens (including phenoxy) is 4. The maximum atomic E-state index is 13.5. The van der Waals surface area contributed by atoms with E-state index in [2.05, 4.69) is 18.9 Å². The van der Waals surface area contributed by atoms with Gasteiger partial charge >= 0.3 is 36.8 Å². The molecule has 0 bridgehead atoms.